The van der Waals surface area contributed by atoms with Gasteiger partial charge in [-0.15, -0.1) is 0 Å². The van der Waals surface area contributed by atoms with Crippen LogP contribution in [0.2, 0.25) is 0 Å². The van der Waals surface area contributed by atoms with Gasteiger partial charge < -0.3 is 9.88 Å². The molecule has 1 aliphatic heterocycles. The summed E-state index contributed by atoms with van der Waals surface area (Å²) in [5.74, 6) is -0.958. The number of rotatable bonds is 3. The SMILES string of the molecule is O=C(c1cc2ccc(Br)cc2[nH]1)N1CCN(S(=O)(=O)c2ccccc2F)CC1. The molecule has 1 N–H and O–H groups in total. The van der Waals surface area contributed by atoms with Crippen LogP contribution in [0.4, 0.5) is 4.39 Å². The van der Waals surface area contributed by atoms with Crippen molar-refractivity contribution in [2.24, 2.45) is 0 Å². The highest BCUT2D eigenvalue weighted by atomic mass is 79.9. The maximum atomic E-state index is 13.9. The standard InChI is InChI=1S/C19H17BrFN3O3S/c20-14-6-5-13-11-17(22-16(13)12-14)19(25)23-7-9-24(10-8-23)28(26,27)18-4-2-1-3-15(18)21/h1-6,11-12,22H,7-10H2. The van der Waals surface area contributed by atoms with Crippen LogP contribution in [0.15, 0.2) is 57.9 Å². The van der Waals surface area contributed by atoms with Crippen LogP contribution in [0.5, 0.6) is 0 Å². The Hall–Kier alpha value is -2.23. The van der Waals surface area contributed by atoms with E-state index in [1.54, 1.807) is 11.0 Å². The number of aromatic nitrogens is 1. The number of aromatic amines is 1. The van der Waals surface area contributed by atoms with Crippen LogP contribution >= 0.6 is 15.9 Å². The third kappa shape index (κ3) is 3.45. The minimum atomic E-state index is -3.92. The lowest BCUT2D eigenvalue weighted by Crippen LogP contribution is -2.50. The Labute approximate surface area is 170 Å². The topological polar surface area (TPSA) is 73.5 Å². The normalized spacial score (nSPS) is 15.9. The first kappa shape index (κ1) is 19.1. The van der Waals surface area contributed by atoms with E-state index in [1.165, 1.54) is 22.5 Å². The highest BCUT2D eigenvalue weighted by molar-refractivity contribution is 9.10. The number of amides is 1. The Morgan fingerprint density at radius 3 is 2.46 bits per heavy atom. The lowest BCUT2D eigenvalue weighted by atomic mass is 10.2. The number of piperazine rings is 1. The number of carbonyl (C=O) groups is 1. The van der Waals surface area contributed by atoms with Crippen molar-refractivity contribution in [3.8, 4) is 0 Å². The zero-order chi connectivity index (χ0) is 19.9. The number of sulfonamides is 1. The molecule has 2 aromatic carbocycles. The van der Waals surface area contributed by atoms with Gasteiger partial charge in [-0.2, -0.15) is 4.31 Å². The number of hydrogen-bond acceptors (Lipinski definition) is 3. The van der Waals surface area contributed by atoms with E-state index < -0.39 is 15.8 Å². The van der Waals surface area contributed by atoms with E-state index in [0.717, 1.165) is 21.4 Å². The van der Waals surface area contributed by atoms with Gasteiger partial charge in [0, 0.05) is 41.6 Å². The summed E-state index contributed by atoms with van der Waals surface area (Å²) >= 11 is 3.40. The second-order valence-electron chi connectivity index (χ2n) is 6.54. The van der Waals surface area contributed by atoms with Crippen molar-refractivity contribution in [1.29, 1.82) is 0 Å². The van der Waals surface area contributed by atoms with Crippen LogP contribution < -0.4 is 0 Å². The summed E-state index contributed by atoms with van der Waals surface area (Å²) < 4.78 is 41.4. The molecule has 2 heterocycles. The zero-order valence-electron chi connectivity index (χ0n) is 14.7. The molecule has 1 aliphatic rings. The summed E-state index contributed by atoms with van der Waals surface area (Å²) in [6.45, 7) is 0.722. The summed E-state index contributed by atoms with van der Waals surface area (Å²) in [5, 5.41) is 0.923. The summed E-state index contributed by atoms with van der Waals surface area (Å²) in [4.78, 5) is 17.2. The number of halogens is 2. The van der Waals surface area contributed by atoms with E-state index in [0.29, 0.717) is 5.69 Å². The maximum Gasteiger partial charge on any atom is 0.270 e. The molecule has 6 nitrogen and oxygen atoms in total. The monoisotopic (exact) mass is 465 g/mol. The van der Waals surface area contributed by atoms with E-state index in [-0.39, 0.29) is 37.0 Å². The van der Waals surface area contributed by atoms with Crippen LogP contribution in [0, 0.1) is 5.82 Å². The molecule has 1 aromatic heterocycles. The molecule has 0 saturated carbocycles. The largest absolute Gasteiger partial charge is 0.350 e. The van der Waals surface area contributed by atoms with E-state index in [1.807, 2.05) is 18.2 Å². The number of H-pyrrole nitrogens is 1. The van der Waals surface area contributed by atoms with Gasteiger partial charge in [-0.1, -0.05) is 34.1 Å². The van der Waals surface area contributed by atoms with Crippen molar-refractivity contribution >= 4 is 42.8 Å². The maximum absolute atomic E-state index is 13.9. The van der Waals surface area contributed by atoms with Crippen LogP contribution in [-0.4, -0.2) is 54.7 Å². The first-order valence-electron chi connectivity index (χ1n) is 8.68. The Morgan fingerprint density at radius 2 is 1.75 bits per heavy atom. The number of nitrogens with zero attached hydrogens (tertiary/aromatic N) is 2. The van der Waals surface area contributed by atoms with Gasteiger partial charge in [0.1, 0.15) is 16.4 Å². The average Bonchev–Trinajstić information content (AvgIpc) is 3.11. The van der Waals surface area contributed by atoms with Crippen LogP contribution in [0.1, 0.15) is 10.5 Å². The highest BCUT2D eigenvalue weighted by Crippen LogP contribution is 2.23. The second-order valence-corrected chi connectivity index (χ2v) is 9.36. The number of benzene rings is 2. The van der Waals surface area contributed by atoms with Gasteiger partial charge in [0.25, 0.3) is 5.91 Å². The minimum absolute atomic E-state index is 0.119. The third-order valence-corrected chi connectivity index (χ3v) is 7.22. The predicted molar refractivity (Wildman–Crippen MR) is 107 cm³/mol. The molecule has 0 bridgehead atoms. The lowest BCUT2D eigenvalue weighted by molar-refractivity contribution is 0.0693. The number of carbonyl (C=O) groups excluding carboxylic acids is 1. The highest BCUT2D eigenvalue weighted by Gasteiger charge is 2.32. The van der Waals surface area contributed by atoms with Crippen molar-refractivity contribution in [3.63, 3.8) is 0 Å². The molecule has 0 atom stereocenters. The average molecular weight is 466 g/mol. The molecule has 1 amide bonds. The van der Waals surface area contributed by atoms with Gasteiger partial charge in [-0.05, 0) is 30.3 Å². The van der Waals surface area contributed by atoms with E-state index in [2.05, 4.69) is 20.9 Å². The molecule has 4 rings (SSSR count). The van der Waals surface area contributed by atoms with E-state index in [9.17, 15) is 17.6 Å². The molecule has 3 aromatic rings. The Bertz CT molecular complexity index is 1150. The first-order valence-corrected chi connectivity index (χ1v) is 10.9. The minimum Gasteiger partial charge on any atom is -0.350 e. The summed E-state index contributed by atoms with van der Waals surface area (Å²) in [7, 11) is -3.92. The van der Waals surface area contributed by atoms with Crippen LogP contribution in [0.3, 0.4) is 0 Å². The number of hydrogen-bond donors (Lipinski definition) is 1. The fraction of sp³-hybridized carbons (Fsp3) is 0.211. The Balaban J connectivity index is 1.49. The first-order chi connectivity index (χ1) is 13.4. The Morgan fingerprint density at radius 1 is 1.04 bits per heavy atom. The predicted octanol–water partition coefficient (Wildman–Crippen LogP) is 3.22. The molecule has 0 aliphatic carbocycles. The van der Waals surface area contributed by atoms with Crippen LogP contribution in [0.25, 0.3) is 10.9 Å². The van der Waals surface area contributed by atoms with Crippen molar-refractivity contribution in [3.05, 3.63) is 64.5 Å². The third-order valence-electron chi connectivity index (χ3n) is 4.80. The van der Waals surface area contributed by atoms with Crippen molar-refractivity contribution < 1.29 is 17.6 Å². The molecular formula is C19H17BrFN3O3S. The Kier molecular flexibility index (Phi) is 4.98. The molecule has 28 heavy (non-hydrogen) atoms. The molecule has 0 unspecified atom stereocenters. The molecule has 146 valence electrons. The fourth-order valence-electron chi connectivity index (χ4n) is 3.31. The van der Waals surface area contributed by atoms with Crippen LogP contribution in [-0.2, 0) is 10.0 Å². The molecule has 0 radical (unpaired) electrons. The lowest BCUT2D eigenvalue weighted by Gasteiger charge is -2.33. The van der Waals surface area contributed by atoms with Gasteiger partial charge in [0.2, 0.25) is 10.0 Å². The number of fused-ring (bicyclic) bond motifs is 1. The summed E-state index contributed by atoms with van der Waals surface area (Å²) in [6.07, 6.45) is 0. The van der Waals surface area contributed by atoms with Gasteiger partial charge in [0.05, 0.1) is 0 Å². The molecule has 1 saturated heterocycles. The van der Waals surface area contributed by atoms with Gasteiger partial charge in [0.15, 0.2) is 0 Å². The quantitative estimate of drug-likeness (QED) is 0.645. The molecule has 9 heteroatoms. The smallest absolute Gasteiger partial charge is 0.270 e. The second kappa shape index (κ2) is 7.31. The molecule has 1 fully saturated rings. The fourth-order valence-corrected chi connectivity index (χ4v) is 5.16. The van der Waals surface area contributed by atoms with Crippen molar-refractivity contribution in [2.45, 2.75) is 4.90 Å². The van der Waals surface area contributed by atoms with Crippen molar-refractivity contribution in [1.82, 2.24) is 14.2 Å². The summed E-state index contributed by atoms with van der Waals surface area (Å²) in [6, 6.07) is 12.8. The van der Waals surface area contributed by atoms with E-state index in [4.69, 9.17) is 0 Å². The molecular weight excluding hydrogens is 449 g/mol. The van der Waals surface area contributed by atoms with Gasteiger partial charge >= 0.3 is 0 Å². The molecule has 0 spiro atoms. The van der Waals surface area contributed by atoms with Crippen molar-refractivity contribution in [2.75, 3.05) is 26.2 Å². The van der Waals surface area contributed by atoms with E-state index >= 15 is 0 Å². The summed E-state index contributed by atoms with van der Waals surface area (Å²) in [5.41, 5.74) is 1.30. The number of nitrogens with one attached hydrogen (secondary N) is 1. The zero-order valence-corrected chi connectivity index (χ0v) is 17.1. The van der Waals surface area contributed by atoms with Gasteiger partial charge in [-0.3, -0.25) is 4.79 Å². The van der Waals surface area contributed by atoms with Gasteiger partial charge in [-0.25, -0.2) is 12.8 Å².